The van der Waals surface area contributed by atoms with Crippen LogP contribution >= 0.6 is 0 Å². The van der Waals surface area contributed by atoms with Crippen LogP contribution in [0, 0.1) is 11.3 Å². The lowest BCUT2D eigenvalue weighted by molar-refractivity contribution is -0.0648. The van der Waals surface area contributed by atoms with Gasteiger partial charge in [-0.05, 0) is 48.8 Å². The first kappa shape index (κ1) is 15.2. The van der Waals surface area contributed by atoms with Gasteiger partial charge in [0.2, 0.25) is 0 Å². The molecular weight excluding hydrogens is 252 g/mol. The molecule has 2 rings (SSSR count). The molecule has 0 aliphatic heterocycles. The van der Waals surface area contributed by atoms with E-state index in [1.54, 1.807) is 14.2 Å². The van der Waals surface area contributed by atoms with Crippen LogP contribution in [-0.2, 0) is 5.60 Å². The summed E-state index contributed by atoms with van der Waals surface area (Å²) in [4.78, 5) is 0. The van der Waals surface area contributed by atoms with Crippen LogP contribution in [0.5, 0.6) is 11.5 Å². The smallest absolute Gasteiger partial charge is 0.125 e. The third-order valence-electron chi connectivity index (χ3n) is 4.27. The quantitative estimate of drug-likeness (QED) is 0.915. The van der Waals surface area contributed by atoms with Gasteiger partial charge >= 0.3 is 0 Å². The van der Waals surface area contributed by atoms with Crippen molar-refractivity contribution >= 4 is 0 Å². The first-order valence-corrected chi connectivity index (χ1v) is 7.24. The van der Waals surface area contributed by atoms with Gasteiger partial charge in [0.15, 0.2) is 0 Å². The molecule has 1 aromatic carbocycles. The molecular formula is C17H26O3. The van der Waals surface area contributed by atoms with Crippen LogP contribution in [-0.4, -0.2) is 19.3 Å². The second-order valence-electron chi connectivity index (χ2n) is 6.95. The fourth-order valence-corrected chi connectivity index (χ4v) is 3.91. The molecule has 1 N–H and O–H groups in total. The highest BCUT2D eigenvalue weighted by atomic mass is 16.5. The van der Waals surface area contributed by atoms with Crippen LogP contribution in [0.15, 0.2) is 18.2 Å². The van der Waals surface area contributed by atoms with Crippen molar-refractivity contribution in [2.75, 3.05) is 14.2 Å². The molecule has 1 fully saturated rings. The van der Waals surface area contributed by atoms with Crippen LogP contribution in [0.4, 0.5) is 0 Å². The van der Waals surface area contributed by atoms with Crippen LogP contribution in [0.3, 0.4) is 0 Å². The number of methoxy groups -OCH3 is 2. The molecule has 0 bridgehead atoms. The Kier molecular flexibility index (Phi) is 4.01. The lowest BCUT2D eigenvalue weighted by Gasteiger charge is -2.45. The first-order valence-electron chi connectivity index (χ1n) is 7.24. The highest BCUT2D eigenvalue weighted by Crippen LogP contribution is 2.50. The average molecular weight is 278 g/mol. The summed E-state index contributed by atoms with van der Waals surface area (Å²) in [6.45, 7) is 6.65. The minimum Gasteiger partial charge on any atom is -0.497 e. The molecule has 0 heterocycles. The van der Waals surface area contributed by atoms with Crippen molar-refractivity contribution in [3.05, 3.63) is 23.8 Å². The second-order valence-corrected chi connectivity index (χ2v) is 6.95. The Morgan fingerprint density at radius 2 is 1.85 bits per heavy atom. The largest absolute Gasteiger partial charge is 0.497 e. The third-order valence-corrected chi connectivity index (χ3v) is 4.27. The predicted molar refractivity (Wildman–Crippen MR) is 80.2 cm³/mol. The van der Waals surface area contributed by atoms with Gasteiger partial charge in [-0.2, -0.15) is 0 Å². The molecule has 3 nitrogen and oxygen atoms in total. The Labute approximate surface area is 121 Å². The Bertz CT molecular complexity index is 481. The third kappa shape index (κ3) is 2.93. The SMILES string of the molecule is COc1ccc(OC)c(C2(O)CC(C)CC(C)(C)C2)c1. The molecule has 20 heavy (non-hydrogen) atoms. The highest BCUT2D eigenvalue weighted by Gasteiger charge is 2.44. The van der Waals surface area contributed by atoms with Gasteiger partial charge in [0.05, 0.1) is 19.8 Å². The number of hydrogen-bond donors (Lipinski definition) is 1. The van der Waals surface area contributed by atoms with Crippen LogP contribution in [0.1, 0.15) is 45.6 Å². The van der Waals surface area contributed by atoms with Gasteiger partial charge in [0.1, 0.15) is 11.5 Å². The molecule has 1 aliphatic rings. The van der Waals surface area contributed by atoms with E-state index >= 15 is 0 Å². The van der Waals surface area contributed by atoms with Crippen molar-refractivity contribution in [1.82, 2.24) is 0 Å². The molecule has 0 amide bonds. The molecule has 112 valence electrons. The minimum atomic E-state index is -0.846. The summed E-state index contributed by atoms with van der Waals surface area (Å²) >= 11 is 0. The topological polar surface area (TPSA) is 38.7 Å². The van der Waals surface area contributed by atoms with Gasteiger partial charge in [0, 0.05) is 5.56 Å². The summed E-state index contributed by atoms with van der Waals surface area (Å²) in [6, 6.07) is 5.65. The number of rotatable bonds is 3. The molecule has 3 heteroatoms. The highest BCUT2D eigenvalue weighted by molar-refractivity contribution is 5.44. The number of ether oxygens (including phenoxy) is 2. The second kappa shape index (κ2) is 5.28. The van der Waals surface area contributed by atoms with Crippen molar-refractivity contribution in [2.24, 2.45) is 11.3 Å². The molecule has 0 saturated heterocycles. The van der Waals surface area contributed by atoms with Crippen molar-refractivity contribution in [2.45, 2.75) is 45.6 Å². The van der Waals surface area contributed by atoms with Crippen LogP contribution in [0.25, 0.3) is 0 Å². The number of hydrogen-bond acceptors (Lipinski definition) is 3. The summed E-state index contributed by atoms with van der Waals surface area (Å²) in [5.74, 6) is 1.98. The van der Waals surface area contributed by atoms with Crippen LogP contribution in [0.2, 0.25) is 0 Å². The van der Waals surface area contributed by atoms with Gasteiger partial charge in [-0.3, -0.25) is 0 Å². The van der Waals surface area contributed by atoms with E-state index in [1.165, 1.54) is 0 Å². The van der Waals surface area contributed by atoms with Crippen LogP contribution < -0.4 is 9.47 Å². The maximum atomic E-state index is 11.2. The van der Waals surface area contributed by atoms with Crippen molar-refractivity contribution in [3.63, 3.8) is 0 Å². The van der Waals surface area contributed by atoms with E-state index in [0.29, 0.717) is 5.92 Å². The molecule has 2 atom stereocenters. The minimum absolute atomic E-state index is 0.126. The Morgan fingerprint density at radius 3 is 2.40 bits per heavy atom. The number of aliphatic hydroxyl groups is 1. The summed E-state index contributed by atoms with van der Waals surface area (Å²) in [5, 5.41) is 11.2. The van der Waals surface area contributed by atoms with Crippen molar-refractivity contribution < 1.29 is 14.6 Å². The Balaban J connectivity index is 2.47. The van der Waals surface area contributed by atoms with E-state index in [2.05, 4.69) is 20.8 Å². The van der Waals surface area contributed by atoms with Gasteiger partial charge in [-0.1, -0.05) is 20.8 Å². The average Bonchev–Trinajstić information content (AvgIpc) is 2.35. The molecule has 2 unspecified atom stereocenters. The first-order chi connectivity index (χ1) is 9.29. The molecule has 1 aliphatic carbocycles. The van der Waals surface area contributed by atoms with E-state index in [4.69, 9.17) is 9.47 Å². The zero-order valence-electron chi connectivity index (χ0n) is 13.2. The summed E-state index contributed by atoms with van der Waals surface area (Å²) in [6.07, 6.45) is 2.65. The molecule has 1 saturated carbocycles. The molecule has 1 aromatic rings. The summed E-state index contributed by atoms with van der Waals surface area (Å²) in [5.41, 5.74) is 0.126. The van der Waals surface area contributed by atoms with E-state index < -0.39 is 5.60 Å². The monoisotopic (exact) mass is 278 g/mol. The van der Waals surface area contributed by atoms with E-state index in [-0.39, 0.29) is 5.41 Å². The van der Waals surface area contributed by atoms with E-state index in [1.807, 2.05) is 18.2 Å². The Hall–Kier alpha value is -1.22. The van der Waals surface area contributed by atoms with Gasteiger partial charge in [-0.25, -0.2) is 0 Å². The molecule has 0 radical (unpaired) electrons. The Morgan fingerprint density at radius 1 is 1.15 bits per heavy atom. The summed E-state index contributed by atoms with van der Waals surface area (Å²) < 4.78 is 10.8. The maximum absolute atomic E-state index is 11.2. The summed E-state index contributed by atoms with van der Waals surface area (Å²) in [7, 11) is 3.29. The van der Waals surface area contributed by atoms with E-state index in [9.17, 15) is 5.11 Å². The fourth-order valence-electron chi connectivity index (χ4n) is 3.91. The lowest BCUT2D eigenvalue weighted by atomic mass is 9.64. The normalized spacial score (nSPS) is 29.0. The van der Waals surface area contributed by atoms with Gasteiger partial charge < -0.3 is 14.6 Å². The molecule has 0 spiro atoms. The molecule has 0 aromatic heterocycles. The van der Waals surface area contributed by atoms with Crippen molar-refractivity contribution in [3.8, 4) is 11.5 Å². The lowest BCUT2D eigenvalue weighted by Crippen LogP contribution is -2.40. The van der Waals surface area contributed by atoms with Gasteiger partial charge in [0.25, 0.3) is 0 Å². The number of benzene rings is 1. The predicted octanol–water partition coefficient (Wildman–Crippen LogP) is 3.74. The maximum Gasteiger partial charge on any atom is 0.125 e. The van der Waals surface area contributed by atoms with Crippen molar-refractivity contribution in [1.29, 1.82) is 0 Å². The zero-order chi connectivity index (χ0) is 15.0. The van der Waals surface area contributed by atoms with E-state index in [0.717, 1.165) is 36.3 Å². The standard InChI is InChI=1S/C17H26O3/c1-12-9-16(2,3)11-17(18,10-12)14-8-13(19-4)6-7-15(14)20-5/h6-8,12,18H,9-11H2,1-5H3. The zero-order valence-corrected chi connectivity index (χ0v) is 13.2. The van der Waals surface area contributed by atoms with Gasteiger partial charge in [-0.15, -0.1) is 0 Å². The fraction of sp³-hybridized carbons (Fsp3) is 0.647.